The van der Waals surface area contributed by atoms with Crippen molar-refractivity contribution < 1.29 is 31.2 Å². The van der Waals surface area contributed by atoms with Gasteiger partial charge in [0.15, 0.2) is 15.0 Å². The van der Waals surface area contributed by atoms with Crippen LogP contribution in [-0.2, 0) is 20.8 Å². The molecule has 13 heteroatoms. The van der Waals surface area contributed by atoms with Crippen LogP contribution in [0.25, 0.3) is 0 Å². The molecule has 2 heterocycles. The molecule has 2 N–H and O–H groups in total. The van der Waals surface area contributed by atoms with Crippen molar-refractivity contribution in [1.29, 1.82) is 0 Å². The average Bonchev–Trinajstić information content (AvgIpc) is 3.58. The number of carbonyl (C=O) groups is 2. The summed E-state index contributed by atoms with van der Waals surface area (Å²) in [5.74, 6) is -1.66. The van der Waals surface area contributed by atoms with Crippen LogP contribution >= 0.6 is 11.3 Å². The summed E-state index contributed by atoms with van der Waals surface area (Å²) in [5, 5.41) is 8.56. The maximum atomic E-state index is 13.5. The highest BCUT2D eigenvalue weighted by Gasteiger charge is 2.44. The summed E-state index contributed by atoms with van der Waals surface area (Å²) in [6.45, 7) is 0.309. The van der Waals surface area contributed by atoms with E-state index in [0.29, 0.717) is 25.8 Å². The molecular weight excluding hydrogens is 577 g/mol. The zero-order valence-corrected chi connectivity index (χ0v) is 23.5. The molecule has 2 fully saturated rings. The zero-order chi connectivity index (χ0) is 29.2. The van der Waals surface area contributed by atoms with Gasteiger partial charge < -0.3 is 15.5 Å². The topological polar surface area (TPSA) is 108 Å². The molecule has 3 aromatic rings. The van der Waals surface area contributed by atoms with Gasteiger partial charge in [0.25, 0.3) is 5.91 Å². The molecule has 0 bridgehead atoms. The van der Waals surface area contributed by atoms with Crippen molar-refractivity contribution >= 4 is 38.1 Å². The molecule has 4 atom stereocenters. The highest BCUT2D eigenvalue weighted by Crippen LogP contribution is 2.35. The number of alkyl halides is 3. The van der Waals surface area contributed by atoms with Crippen LogP contribution < -0.4 is 10.6 Å². The molecule has 0 spiro atoms. The van der Waals surface area contributed by atoms with E-state index in [0.717, 1.165) is 23.3 Å². The molecule has 1 saturated carbocycles. The number of thiazole rings is 1. The van der Waals surface area contributed by atoms with E-state index >= 15 is 0 Å². The fraction of sp³-hybridized carbons (Fsp3) is 0.393. The number of carbonyl (C=O) groups excluding carboxylic acids is 2. The number of halogens is 3. The van der Waals surface area contributed by atoms with E-state index in [2.05, 4.69) is 15.6 Å². The molecular formula is C28H29F3N4O4S2. The fourth-order valence-corrected chi connectivity index (χ4v) is 7.98. The second kappa shape index (κ2) is 11.8. The Labute approximate surface area is 239 Å². The molecule has 2 amide bonds. The minimum Gasteiger partial charge on any atom is -0.359 e. The smallest absolute Gasteiger partial charge is 0.359 e. The van der Waals surface area contributed by atoms with Crippen molar-refractivity contribution in [3.05, 3.63) is 77.3 Å². The molecule has 1 aromatic heterocycles. The largest absolute Gasteiger partial charge is 0.416 e. The predicted octanol–water partition coefficient (Wildman–Crippen LogP) is 4.62. The lowest BCUT2D eigenvalue weighted by Crippen LogP contribution is -2.51. The fourth-order valence-electron chi connectivity index (χ4n) is 5.69. The van der Waals surface area contributed by atoms with E-state index in [1.807, 2.05) is 5.38 Å². The highest BCUT2D eigenvalue weighted by molar-refractivity contribution is 7.91. The number of nitrogens with zero attached hydrogens (tertiary/aromatic N) is 2. The van der Waals surface area contributed by atoms with Gasteiger partial charge in [0, 0.05) is 35.8 Å². The Bertz CT molecular complexity index is 1480. The van der Waals surface area contributed by atoms with Crippen LogP contribution in [0.15, 0.2) is 71.1 Å². The van der Waals surface area contributed by atoms with Crippen LogP contribution in [0.5, 0.6) is 0 Å². The van der Waals surface area contributed by atoms with Crippen LogP contribution in [0.4, 0.5) is 18.3 Å². The van der Waals surface area contributed by atoms with Crippen molar-refractivity contribution in [3.63, 3.8) is 0 Å². The van der Waals surface area contributed by atoms with Gasteiger partial charge in [0.1, 0.15) is 6.04 Å². The summed E-state index contributed by atoms with van der Waals surface area (Å²) >= 11 is 1.45. The Morgan fingerprint density at radius 2 is 1.85 bits per heavy atom. The lowest BCUT2D eigenvalue weighted by Gasteiger charge is -2.41. The summed E-state index contributed by atoms with van der Waals surface area (Å²) in [6.07, 6.45) is -0.888. The molecule has 5 rings (SSSR count). The Morgan fingerprint density at radius 3 is 2.56 bits per heavy atom. The number of benzene rings is 2. The van der Waals surface area contributed by atoms with Gasteiger partial charge in [0.2, 0.25) is 5.91 Å². The molecule has 1 aliphatic carbocycles. The maximum Gasteiger partial charge on any atom is 0.416 e. The van der Waals surface area contributed by atoms with Gasteiger partial charge >= 0.3 is 6.18 Å². The number of hydrogen-bond acceptors (Lipinski definition) is 7. The number of rotatable bonds is 8. The minimum absolute atomic E-state index is 0.0255. The molecule has 1 aliphatic heterocycles. The summed E-state index contributed by atoms with van der Waals surface area (Å²) in [6, 6.07) is 10.9. The number of likely N-dealkylation sites (tertiary alicyclic amines) is 1. The number of sulfone groups is 1. The molecule has 2 aliphatic rings. The number of amides is 2. The van der Waals surface area contributed by atoms with Crippen molar-refractivity contribution in [2.75, 3.05) is 17.6 Å². The van der Waals surface area contributed by atoms with E-state index in [1.54, 1.807) is 41.4 Å². The predicted molar refractivity (Wildman–Crippen MR) is 148 cm³/mol. The monoisotopic (exact) mass is 606 g/mol. The van der Waals surface area contributed by atoms with Gasteiger partial charge in [-0.3, -0.25) is 9.59 Å². The first-order valence-corrected chi connectivity index (χ1v) is 15.8. The Morgan fingerprint density at radius 1 is 1.07 bits per heavy atom. The minimum atomic E-state index is -4.60. The van der Waals surface area contributed by atoms with Crippen molar-refractivity contribution in [2.24, 2.45) is 5.92 Å². The third kappa shape index (κ3) is 6.72. The first kappa shape index (κ1) is 29.1. The molecule has 2 unspecified atom stereocenters. The van der Waals surface area contributed by atoms with Crippen LogP contribution in [0, 0.1) is 5.92 Å². The first-order valence-electron chi connectivity index (χ1n) is 13.2. The van der Waals surface area contributed by atoms with Gasteiger partial charge in [-0.1, -0.05) is 24.3 Å². The third-order valence-electron chi connectivity index (χ3n) is 7.64. The van der Waals surface area contributed by atoms with Crippen molar-refractivity contribution in [3.8, 4) is 0 Å². The molecule has 2 aromatic carbocycles. The molecule has 1 saturated heterocycles. The summed E-state index contributed by atoms with van der Waals surface area (Å²) < 4.78 is 66.0. The Balaban J connectivity index is 1.31. The van der Waals surface area contributed by atoms with Gasteiger partial charge in [-0.05, 0) is 61.9 Å². The SMILES string of the molecule is O=C(NC1CCN(C2CC[C@@H](Nc3nccs3)C[C@H]2CS(=O)(=O)c2ccccc2)C1=O)c1cccc(C(F)(F)F)c1. The molecule has 41 heavy (non-hydrogen) atoms. The van der Waals surface area contributed by atoms with E-state index in [-0.39, 0.29) is 46.5 Å². The van der Waals surface area contributed by atoms with Gasteiger partial charge in [-0.25, -0.2) is 13.4 Å². The van der Waals surface area contributed by atoms with E-state index in [9.17, 15) is 31.2 Å². The zero-order valence-electron chi connectivity index (χ0n) is 21.9. The number of anilines is 1. The summed E-state index contributed by atoms with van der Waals surface area (Å²) in [5.41, 5.74) is -1.14. The van der Waals surface area contributed by atoms with Crippen molar-refractivity contribution in [2.45, 2.75) is 54.9 Å². The third-order valence-corrected chi connectivity index (χ3v) is 10.2. The van der Waals surface area contributed by atoms with E-state index in [1.165, 1.54) is 17.4 Å². The number of aromatic nitrogens is 1. The normalized spacial score (nSPS) is 23.4. The standard InChI is InChI=1S/C28H29F3N4O4S2/c29-28(30,31)20-6-4-5-18(15-20)25(36)34-23-11-13-35(26(23)37)24-10-9-21(33-27-32-12-14-40-27)16-19(24)17-41(38,39)22-7-2-1-3-8-22/h1-8,12,14-15,19,21,23-24H,9-11,13,16-17H2,(H,32,33)(H,34,36)/t19-,21+,23?,24?/m0/s1. The first-order chi connectivity index (χ1) is 19.5. The van der Waals surface area contributed by atoms with E-state index < -0.39 is 33.5 Å². The molecule has 8 nitrogen and oxygen atoms in total. The molecule has 0 radical (unpaired) electrons. The van der Waals surface area contributed by atoms with Crippen molar-refractivity contribution in [1.82, 2.24) is 15.2 Å². The second-order valence-electron chi connectivity index (χ2n) is 10.3. The van der Waals surface area contributed by atoms with E-state index in [4.69, 9.17) is 0 Å². The van der Waals surface area contributed by atoms with Crippen LogP contribution in [0.3, 0.4) is 0 Å². The number of hydrogen-bond donors (Lipinski definition) is 2. The Hall–Kier alpha value is -3.45. The number of nitrogens with one attached hydrogen (secondary N) is 2. The quantitative estimate of drug-likeness (QED) is 0.388. The van der Waals surface area contributed by atoms with Crippen LogP contribution in [-0.4, -0.2) is 60.5 Å². The Kier molecular flexibility index (Phi) is 8.37. The lowest BCUT2D eigenvalue weighted by atomic mass is 9.81. The summed E-state index contributed by atoms with van der Waals surface area (Å²) in [7, 11) is -3.65. The molecule has 218 valence electrons. The van der Waals surface area contributed by atoms with Gasteiger partial charge in [0.05, 0.1) is 16.2 Å². The maximum absolute atomic E-state index is 13.5. The van der Waals surface area contributed by atoms with Gasteiger partial charge in [-0.2, -0.15) is 13.2 Å². The summed E-state index contributed by atoms with van der Waals surface area (Å²) in [4.78, 5) is 32.4. The van der Waals surface area contributed by atoms with Crippen LogP contribution in [0.1, 0.15) is 41.6 Å². The second-order valence-corrected chi connectivity index (χ2v) is 13.3. The average molecular weight is 607 g/mol. The van der Waals surface area contributed by atoms with Gasteiger partial charge in [-0.15, -0.1) is 11.3 Å². The highest BCUT2D eigenvalue weighted by atomic mass is 32.2. The van der Waals surface area contributed by atoms with Crippen LogP contribution in [0.2, 0.25) is 0 Å². The lowest BCUT2D eigenvalue weighted by molar-refractivity contribution is -0.137.